The van der Waals surface area contributed by atoms with E-state index in [-0.39, 0.29) is 0 Å². The summed E-state index contributed by atoms with van der Waals surface area (Å²) in [5, 5.41) is 6.57. The van der Waals surface area contributed by atoms with E-state index in [0.717, 1.165) is 38.6 Å². The molecule has 0 unspecified atom stereocenters. The molecule has 3 aromatic rings. The van der Waals surface area contributed by atoms with Gasteiger partial charge in [0.2, 0.25) is 5.89 Å². The van der Waals surface area contributed by atoms with E-state index in [4.69, 9.17) is 9.26 Å². The number of rotatable bonds is 4. The first-order valence-corrected chi connectivity index (χ1v) is 9.36. The summed E-state index contributed by atoms with van der Waals surface area (Å²) in [4.78, 5) is 6.89. The zero-order valence-corrected chi connectivity index (χ0v) is 15.0. The van der Waals surface area contributed by atoms with Crippen molar-refractivity contribution in [2.45, 2.75) is 26.0 Å². The number of hydrogen-bond donors (Lipinski definition) is 0. The van der Waals surface area contributed by atoms with Crippen molar-refractivity contribution in [3.63, 3.8) is 0 Å². The molecule has 1 aromatic heterocycles. The van der Waals surface area contributed by atoms with Gasteiger partial charge in [0.15, 0.2) is 5.82 Å². The Bertz CT molecular complexity index is 917. The molecule has 3 atom stereocenters. The van der Waals surface area contributed by atoms with Crippen molar-refractivity contribution < 1.29 is 9.26 Å². The molecule has 26 heavy (non-hydrogen) atoms. The highest BCUT2D eigenvalue weighted by molar-refractivity contribution is 5.85. The molecule has 2 aromatic carbocycles. The Labute approximate surface area is 153 Å². The van der Waals surface area contributed by atoms with E-state index in [1.165, 1.54) is 16.3 Å². The highest BCUT2D eigenvalue weighted by Gasteiger charge is 2.44. The highest BCUT2D eigenvalue weighted by atomic mass is 16.5. The molecule has 0 amide bonds. The van der Waals surface area contributed by atoms with Crippen LogP contribution in [0.15, 0.2) is 47.0 Å². The third-order valence-corrected chi connectivity index (χ3v) is 5.79. The summed E-state index contributed by atoms with van der Waals surface area (Å²) in [6.45, 7) is 5.73. The summed E-state index contributed by atoms with van der Waals surface area (Å²) in [5.41, 5.74) is 1.40. The van der Waals surface area contributed by atoms with Gasteiger partial charge in [0.1, 0.15) is 0 Å². The fraction of sp³-hybridized carbons (Fsp3) is 0.429. The Kier molecular flexibility index (Phi) is 3.98. The maximum Gasteiger partial charge on any atom is 0.227 e. The van der Waals surface area contributed by atoms with Gasteiger partial charge in [-0.25, -0.2) is 0 Å². The maximum atomic E-state index is 6.09. The van der Waals surface area contributed by atoms with Gasteiger partial charge in [0.25, 0.3) is 0 Å². The van der Waals surface area contributed by atoms with Crippen molar-refractivity contribution in [1.82, 2.24) is 15.0 Å². The largest absolute Gasteiger partial charge is 0.376 e. The zero-order chi connectivity index (χ0) is 17.5. The molecule has 0 spiro atoms. The van der Waals surface area contributed by atoms with E-state index >= 15 is 0 Å². The van der Waals surface area contributed by atoms with Gasteiger partial charge in [-0.2, -0.15) is 4.98 Å². The van der Waals surface area contributed by atoms with Crippen LogP contribution in [0.2, 0.25) is 0 Å². The second-order valence-corrected chi connectivity index (χ2v) is 7.57. The number of aromatic nitrogens is 2. The smallest absolute Gasteiger partial charge is 0.227 e. The van der Waals surface area contributed by atoms with Gasteiger partial charge in [-0.3, -0.25) is 4.90 Å². The molecule has 5 rings (SSSR count). The summed E-state index contributed by atoms with van der Waals surface area (Å²) in [5.74, 6) is 2.47. The number of hydrogen-bond acceptors (Lipinski definition) is 5. The quantitative estimate of drug-likeness (QED) is 0.724. The lowest BCUT2D eigenvalue weighted by atomic mass is 9.90. The van der Waals surface area contributed by atoms with Crippen LogP contribution in [0.25, 0.3) is 10.8 Å². The first-order valence-electron chi connectivity index (χ1n) is 9.36. The summed E-state index contributed by atoms with van der Waals surface area (Å²) in [7, 11) is 0. The van der Waals surface area contributed by atoms with Gasteiger partial charge < -0.3 is 9.26 Å². The Morgan fingerprint density at radius 2 is 2.00 bits per heavy atom. The van der Waals surface area contributed by atoms with Crippen LogP contribution >= 0.6 is 0 Å². The molecule has 2 aliphatic rings. The molecular weight excluding hydrogens is 326 g/mol. The van der Waals surface area contributed by atoms with Crippen LogP contribution in [-0.2, 0) is 17.7 Å². The second-order valence-electron chi connectivity index (χ2n) is 7.57. The first kappa shape index (κ1) is 16.0. The summed E-state index contributed by atoms with van der Waals surface area (Å²) < 4.78 is 11.4. The van der Waals surface area contributed by atoms with Crippen LogP contribution in [-0.4, -0.2) is 40.8 Å². The molecule has 3 heterocycles. The number of likely N-dealkylation sites (tertiary alicyclic amines) is 1. The second kappa shape index (κ2) is 6.49. The van der Waals surface area contributed by atoms with Crippen molar-refractivity contribution >= 4 is 10.8 Å². The van der Waals surface area contributed by atoms with Crippen molar-refractivity contribution in [2.24, 2.45) is 11.8 Å². The molecular formula is C21H23N3O2. The fourth-order valence-corrected chi connectivity index (χ4v) is 4.54. The Morgan fingerprint density at radius 3 is 2.88 bits per heavy atom. The predicted octanol–water partition coefficient (Wildman–Crippen LogP) is 3.22. The Morgan fingerprint density at radius 1 is 1.12 bits per heavy atom. The van der Waals surface area contributed by atoms with Gasteiger partial charge >= 0.3 is 0 Å². The van der Waals surface area contributed by atoms with Crippen LogP contribution < -0.4 is 0 Å². The van der Waals surface area contributed by atoms with Crippen LogP contribution in [0.5, 0.6) is 0 Å². The number of aryl methyl sites for hydroxylation is 1. The van der Waals surface area contributed by atoms with Gasteiger partial charge in [-0.1, -0.05) is 47.6 Å². The maximum absolute atomic E-state index is 6.09. The normalized spacial score (nSPS) is 25.8. The molecule has 0 N–H and O–H groups in total. The van der Waals surface area contributed by atoms with Gasteiger partial charge in [-0.15, -0.1) is 0 Å². The number of ether oxygens (including phenoxy) is 1. The van der Waals surface area contributed by atoms with Gasteiger partial charge in [0, 0.05) is 32.0 Å². The van der Waals surface area contributed by atoms with Crippen molar-refractivity contribution in [3.05, 3.63) is 59.7 Å². The van der Waals surface area contributed by atoms with E-state index in [1.54, 1.807) is 0 Å². The summed E-state index contributed by atoms with van der Waals surface area (Å²) in [6, 6.07) is 15.2. The minimum absolute atomic E-state index is 0.332. The molecule has 0 saturated carbocycles. The third kappa shape index (κ3) is 2.91. The van der Waals surface area contributed by atoms with Crippen molar-refractivity contribution in [2.75, 3.05) is 19.7 Å². The van der Waals surface area contributed by atoms with E-state index in [1.807, 2.05) is 6.92 Å². The number of nitrogens with zero attached hydrogens (tertiary/aromatic N) is 3. The molecule has 134 valence electrons. The zero-order valence-electron chi connectivity index (χ0n) is 15.0. The summed E-state index contributed by atoms with van der Waals surface area (Å²) >= 11 is 0. The van der Waals surface area contributed by atoms with E-state index in [2.05, 4.69) is 57.5 Å². The van der Waals surface area contributed by atoms with Crippen LogP contribution in [0, 0.1) is 18.8 Å². The van der Waals surface area contributed by atoms with Crippen LogP contribution in [0.1, 0.15) is 17.3 Å². The standard InChI is InChI=1S/C21H23N3O2/c1-14-22-21(26-23-14)9-17-13-25-20-12-24(11-19(17)20)10-16-7-4-6-15-5-2-3-8-18(15)16/h2-8,17,19-20H,9-13H2,1H3/t17-,19-,20-/m1/s1. The minimum Gasteiger partial charge on any atom is -0.376 e. The molecule has 0 aliphatic carbocycles. The molecule has 5 nitrogen and oxygen atoms in total. The first-order chi connectivity index (χ1) is 12.8. The van der Waals surface area contributed by atoms with Gasteiger partial charge in [-0.05, 0) is 29.2 Å². The molecule has 2 aliphatic heterocycles. The molecule has 5 heteroatoms. The predicted molar refractivity (Wildman–Crippen MR) is 98.7 cm³/mol. The molecule has 2 fully saturated rings. The highest BCUT2D eigenvalue weighted by Crippen LogP contribution is 2.36. The number of benzene rings is 2. The van der Waals surface area contributed by atoms with E-state index < -0.39 is 0 Å². The average molecular weight is 349 g/mol. The van der Waals surface area contributed by atoms with Crippen LogP contribution in [0.3, 0.4) is 0 Å². The third-order valence-electron chi connectivity index (χ3n) is 5.79. The lowest BCUT2D eigenvalue weighted by Crippen LogP contribution is -2.25. The molecule has 0 radical (unpaired) electrons. The van der Waals surface area contributed by atoms with Gasteiger partial charge in [0.05, 0.1) is 12.7 Å². The summed E-state index contributed by atoms with van der Waals surface area (Å²) in [6.07, 6.45) is 1.16. The fourth-order valence-electron chi connectivity index (χ4n) is 4.54. The Balaban J connectivity index is 1.29. The van der Waals surface area contributed by atoms with E-state index in [9.17, 15) is 0 Å². The van der Waals surface area contributed by atoms with E-state index in [0.29, 0.717) is 23.8 Å². The Hall–Kier alpha value is -2.24. The lowest BCUT2D eigenvalue weighted by Gasteiger charge is -2.19. The van der Waals surface area contributed by atoms with Crippen molar-refractivity contribution in [1.29, 1.82) is 0 Å². The minimum atomic E-state index is 0.332. The monoisotopic (exact) mass is 349 g/mol. The SMILES string of the molecule is Cc1noc(C[C@@H]2CO[C@@H]3CN(Cc4cccc5ccccc45)C[C@H]23)n1. The topological polar surface area (TPSA) is 51.4 Å². The lowest BCUT2D eigenvalue weighted by molar-refractivity contribution is 0.0935. The number of fused-ring (bicyclic) bond motifs is 2. The molecule has 0 bridgehead atoms. The average Bonchev–Trinajstić information content (AvgIpc) is 3.33. The van der Waals surface area contributed by atoms with Crippen LogP contribution in [0.4, 0.5) is 0 Å². The van der Waals surface area contributed by atoms with Crippen molar-refractivity contribution in [3.8, 4) is 0 Å². The molecule has 2 saturated heterocycles.